The lowest BCUT2D eigenvalue weighted by Crippen LogP contribution is -2.21. The first kappa shape index (κ1) is 18.3. The van der Waals surface area contributed by atoms with Crippen LogP contribution in [0.2, 0.25) is 0 Å². The number of rotatable bonds is 8. The van der Waals surface area contributed by atoms with Crippen LogP contribution in [0, 0.1) is 0 Å². The molecule has 0 spiro atoms. The number of hydrogen-bond acceptors (Lipinski definition) is 4. The van der Waals surface area contributed by atoms with Crippen molar-refractivity contribution in [2.45, 2.75) is 13.8 Å². The van der Waals surface area contributed by atoms with E-state index < -0.39 is 5.91 Å². The molecule has 0 aliphatic rings. The third kappa shape index (κ3) is 5.24. The highest BCUT2D eigenvalue weighted by atomic mass is 16.5. The fraction of sp³-hybridized carbons (Fsp3) is 0.263. The highest BCUT2D eigenvalue weighted by Crippen LogP contribution is 2.19. The second-order valence-corrected chi connectivity index (χ2v) is 5.45. The number of nitrogens with one attached hydrogen (secondary N) is 1. The number of amides is 2. The Kier molecular flexibility index (Phi) is 6.39. The van der Waals surface area contributed by atoms with Crippen molar-refractivity contribution < 1.29 is 14.3 Å². The molecule has 0 radical (unpaired) electrons. The van der Waals surface area contributed by atoms with Gasteiger partial charge in [-0.3, -0.25) is 9.59 Å². The maximum Gasteiger partial charge on any atom is 0.255 e. The van der Waals surface area contributed by atoms with Crippen LogP contribution in [0.3, 0.4) is 0 Å². The molecular formula is C19H23N3O3. The van der Waals surface area contributed by atoms with Gasteiger partial charge in [0.1, 0.15) is 5.75 Å². The fourth-order valence-corrected chi connectivity index (χ4v) is 2.40. The van der Waals surface area contributed by atoms with Crippen LogP contribution in [-0.2, 0) is 4.79 Å². The molecule has 2 rings (SSSR count). The van der Waals surface area contributed by atoms with E-state index in [9.17, 15) is 9.59 Å². The van der Waals surface area contributed by atoms with E-state index in [0.717, 1.165) is 24.5 Å². The lowest BCUT2D eigenvalue weighted by atomic mass is 10.2. The molecule has 2 amide bonds. The molecule has 2 aromatic rings. The van der Waals surface area contributed by atoms with Crippen molar-refractivity contribution in [3.05, 3.63) is 54.1 Å². The molecule has 6 nitrogen and oxygen atoms in total. The summed E-state index contributed by atoms with van der Waals surface area (Å²) in [5.74, 6) is -0.272. The summed E-state index contributed by atoms with van der Waals surface area (Å²) >= 11 is 0. The van der Waals surface area contributed by atoms with Crippen molar-refractivity contribution >= 4 is 23.2 Å². The number of anilines is 2. The fourth-order valence-electron chi connectivity index (χ4n) is 2.40. The minimum atomic E-state index is -0.546. The molecule has 0 saturated heterocycles. The van der Waals surface area contributed by atoms with Gasteiger partial charge in [-0.15, -0.1) is 0 Å². The first-order chi connectivity index (χ1) is 12.0. The summed E-state index contributed by atoms with van der Waals surface area (Å²) < 4.78 is 5.17. The van der Waals surface area contributed by atoms with Gasteiger partial charge in [-0.1, -0.05) is 0 Å². The van der Waals surface area contributed by atoms with Crippen LogP contribution in [0.4, 0.5) is 11.4 Å². The van der Waals surface area contributed by atoms with E-state index in [2.05, 4.69) is 24.1 Å². The van der Waals surface area contributed by atoms with Crippen LogP contribution in [0.15, 0.2) is 48.5 Å². The smallest absolute Gasteiger partial charge is 0.255 e. The van der Waals surface area contributed by atoms with Crippen molar-refractivity contribution in [3.63, 3.8) is 0 Å². The minimum absolute atomic E-state index is 0.190. The zero-order chi connectivity index (χ0) is 18.2. The highest BCUT2D eigenvalue weighted by Gasteiger charge is 2.08. The van der Waals surface area contributed by atoms with Gasteiger partial charge in [-0.05, 0) is 62.4 Å². The first-order valence-electron chi connectivity index (χ1n) is 8.21. The molecule has 0 saturated carbocycles. The van der Waals surface area contributed by atoms with Gasteiger partial charge in [0.15, 0.2) is 6.61 Å². The standard InChI is InChI=1S/C19H23N3O3/c1-3-22(4-2)16-9-7-15(8-10-16)21-19(24)14-5-11-17(12-6-14)25-13-18(20)23/h5-12H,3-4,13H2,1-2H3,(H2,20,23)(H,21,24). The summed E-state index contributed by atoms with van der Waals surface area (Å²) in [7, 11) is 0. The van der Waals surface area contributed by atoms with Gasteiger partial charge in [-0.2, -0.15) is 0 Å². The zero-order valence-corrected chi connectivity index (χ0v) is 14.5. The van der Waals surface area contributed by atoms with Crippen LogP contribution in [0.5, 0.6) is 5.75 Å². The Morgan fingerprint density at radius 2 is 1.60 bits per heavy atom. The predicted octanol–water partition coefficient (Wildman–Crippen LogP) is 2.65. The van der Waals surface area contributed by atoms with Crippen LogP contribution in [-0.4, -0.2) is 31.5 Å². The summed E-state index contributed by atoms with van der Waals surface area (Å²) in [5.41, 5.74) is 7.38. The third-order valence-corrected chi connectivity index (χ3v) is 3.75. The van der Waals surface area contributed by atoms with Gasteiger partial charge < -0.3 is 20.7 Å². The summed E-state index contributed by atoms with van der Waals surface area (Å²) in [6.45, 7) is 5.90. The summed E-state index contributed by atoms with van der Waals surface area (Å²) in [4.78, 5) is 25.2. The molecular weight excluding hydrogens is 318 g/mol. The largest absolute Gasteiger partial charge is 0.484 e. The third-order valence-electron chi connectivity index (χ3n) is 3.75. The van der Waals surface area contributed by atoms with E-state index in [0.29, 0.717) is 11.3 Å². The highest BCUT2D eigenvalue weighted by molar-refractivity contribution is 6.04. The number of primary amides is 1. The normalized spacial score (nSPS) is 10.2. The Hall–Kier alpha value is -3.02. The molecule has 3 N–H and O–H groups in total. The molecule has 132 valence electrons. The molecule has 25 heavy (non-hydrogen) atoms. The van der Waals surface area contributed by atoms with Crippen LogP contribution < -0.4 is 20.7 Å². The Balaban J connectivity index is 1.98. The molecule has 0 aliphatic carbocycles. The number of nitrogens with zero attached hydrogens (tertiary/aromatic N) is 1. The predicted molar refractivity (Wildman–Crippen MR) is 99.1 cm³/mol. The van der Waals surface area contributed by atoms with Gasteiger partial charge >= 0.3 is 0 Å². The average molecular weight is 341 g/mol. The van der Waals surface area contributed by atoms with E-state index >= 15 is 0 Å². The zero-order valence-electron chi connectivity index (χ0n) is 14.5. The van der Waals surface area contributed by atoms with Crippen molar-refractivity contribution in [2.75, 3.05) is 29.9 Å². The van der Waals surface area contributed by atoms with Crippen LogP contribution >= 0.6 is 0 Å². The SMILES string of the molecule is CCN(CC)c1ccc(NC(=O)c2ccc(OCC(N)=O)cc2)cc1. The van der Waals surface area contributed by atoms with Crippen molar-refractivity contribution in [2.24, 2.45) is 5.73 Å². The maximum atomic E-state index is 12.3. The Bertz CT molecular complexity index is 708. The lowest BCUT2D eigenvalue weighted by molar-refractivity contribution is -0.119. The van der Waals surface area contributed by atoms with Crippen molar-refractivity contribution in [1.29, 1.82) is 0 Å². The molecule has 6 heteroatoms. The summed E-state index contributed by atoms with van der Waals surface area (Å²) in [6.07, 6.45) is 0. The number of carbonyl (C=O) groups is 2. The van der Waals surface area contributed by atoms with E-state index in [1.807, 2.05) is 24.3 Å². The molecule has 0 bridgehead atoms. The van der Waals surface area contributed by atoms with Gasteiger partial charge in [0, 0.05) is 30.0 Å². The van der Waals surface area contributed by atoms with E-state index in [1.54, 1.807) is 24.3 Å². The van der Waals surface area contributed by atoms with E-state index in [-0.39, 0.29) is 12.5 Å². The number of nitrogens with two attached hydrogens (primary N) is 1. The molecule has 2 aromatic carbocycles. The average Bonchev–Trinajstić information content (AvgIpc) is 2.62. The molecule has 0 atom stereocenters. The number of carbonyl (C=O) groups excluding carboxylic acids is 2. The van der Waals surface area contributed by atoms with Crippen LogP contribution in [0.25, 0.3) is 0 Å². The number of hydrogen-bond donors (Lipinski definition) is 2. The second kappa shape index (κ2) is 8.73. The summed E-state index contributed by atoms with van der Waals surface area (Å²) in [6, 6.07) is 14.3. The Morgan fingerprint density at radius 1 is 1.00 bits per heavy atom. The molecule has 0 heterocycles. The lowest BCUT2D eigenvalue weighted by Gasteiger charge is -2.21. The van der Waals surface area contributed by atoms with Gasteiger partial charge in [-0.25, -0.2) is 0 Å². The van der Waals surface area contributed by atoms with Gasteiger partial charge in [0.05, 0.1) is 0 Å². The Labute approximate surface area is 147 Å². The minimum Gasteiger partial charge on any atom is -0.484 e. The van der Waals surface area contributed by atoms with Crippen molar-refractivity contribution in [3.8, 4) is 5.75 Å². The topological polar surface area (TPSA) is 84.7 Å². The quantitative estimate of drug-likeness (QED) is 0.773. The number of benzene rings is 2. The molecule has 0 unspecified atom stereocenters. The second-order valence-electron chi connectivity index (χ2n) is 5.45. The molecule has 0 fully saturated rings. The van der Waals surface area contributed by atoms with E-state index in [4.69, 9.17) is 10.5 Å². The van der Waals surface area contributed by atoms with Gasteiger partial charge in [0.2, 0.25) is 0 Å². The molecule has 0 aliphatic heterocycles. The Morgan fingerprint density at radius 3 is 2.12 bits per heavy atom. The summed E-state index contributed by atoms with van der Waals surface area (Å²) in [5, 5.41) is 2.86. The number of ether oxygens (including phenoxy) is 1. The van der Waals surface area contributed by atoms with Crippen LogP contribution in [0.1, 0.15) is 24.2 Å². The van der Waals surface area contributed by atoms with E-state index in [1.165, 1.54) is 0 Å². The molecule has 0 aromatic heterocycles. The maximum absolute atomic E-state index is 12.3. The monoisotopic (exact) mass is 341 g/mol. The van der Waals surface area contributed by atoms with Gasteiger partial charge in [0.25, 0.3) is 11.8 Å². The first-order valence-corrected chi connectivity index (χ1v) is 8.21. The van der Waals surface area contributed by atoms with Crippen molar-refractivity contribution in [1.82, 2.24) is 0 Å².